The first-order chi connectivity index (χ1) is 11.6. The van der Waals surface area contributed by atoms with Crippen LogP contribution in [-0.4, -0.2) is 36.1 Å². The second-order valence-corrected chi connectivity index (χ2v) is 6.29. The quantitative estimate of drug-likeness (QED) is 0.875. The lowest BCUT2D eigenvalue weighted by atomic mass is 9.79. The molecule has 1 fully saturated rings. The molecule has 3 rings (SSSR count). The van der Waals surface area contributed by atoms with Gasteiger partial charge < -0.3 is 20.4 Å². The van der Waals surface area contributed by atoms with Crippen molar-refractivity contribution in [1.82, 2.24) is 9.88 Å². The summed E-state index contributed by atoms with van der Waals surface area (Å²) >= 11 is 0. The van der Waals surface area contributed by atoms with Crippen LogP contribution in [0, 0.1) is 5.41 Å². The average molecular weight is 329 g/mol. The van der Waals surface area contributed by atoms with Crippen LogP contribution in [0.3, 0.4) is 0 Å². The van der Waals surface area contributed by atoms with Gasteiger partial charge in [0.05, 0.1) is 11.0 Å². The summed E-state index contributed by atoms with van der Waals surface area (Å²) in [6.45, 7) is 4.06. The van der Waals surface area contributed by atoms with E-state index < -0.39 is 5.41 Å². The number of carbonyl (C=O) groups excluding carboxylic acids is 2. The largest absolute Gasteiger partial charge is 0.381 e. The highest BCUT2D eigenvalue weighted by atomic mass is 16.5. The molecule has 2 heterocycles. The molecule has 6 heteroatoms. The third kappa shape index (κ3) is 2.89. The van der Waals surface area contributed by atoms with E-state index in [9.17, 15) is 9.59 Å². The van der Waals surface area contributed by atoms with E-state index in [1.165, 1.54) is 0 Å². The molecule has 3 N–H and O–H groups in total. The number of hydrogen-bond acceptors (Lipinski definition) is 3. The summed E-state index contributed by atoms with van der Waals surface area (Å²) in [4.78, 5) is 24.6. The van der Waals surface area contributed by atoms with Gasteiger partial charge in [-0.3, -0.25) is 9.59 Å². The molecule has 0 atom stereocenters. The second-order valence-electron chi connectivity index (χ2n) is 6.29. The van der Waals surface area contributed by atoms with Gasteiger partial charge in [-0.2, -0.15) is 0 Å². The van der Waals surface area contributed by atoms with Crippen LogP contribution in [0.1, 0.15) is 30.1 Å². The Morgan fingerprint density at radius 3 is 2.67 bits per heavy atom. The SMILES string of the molecule is CCn1cc(C(=O)NCC2(C(N)=O)CCOCC2)c2ccccc21. The maximum atomic E-state index is 12.7. The summed E-state index contributed by atoms with van der Waals surface area (Å²) in [6.07, 6.45) is 2.94. The van der Waals surface area contributed by atoms with Gasteiger partial charge >= 0.3 is 0 Å². The summed E-state index contributed by atoms with van der Waals surface area (Å²) in [7, 11) is 0. The van der Waals surface area contributed by atoms with E-state index in [1.54, 1.807) is 0 Å². The van der Waals surface area contributed by atoms with Crippen molar-refractivity contribution in [1.29, 1.82) is 0 Å². The minimum Gasteiger partial charge on any atom is -0.381 e. The van der Waals surface area contributed by atoms with Crippen molar-refractivity contribution in [3.8, 4) is 0 Å². The number of carbonyl (C=O) groups is 2. The highest BCUT2D eigenvalue weighted by Gasteiger charge is 2.38. The van der Waals surface area contributed by atoms with E-state index in [2.05, 4.69) is 5.32 Å². The number of primary amides is 1. The zero-order valence-corrected chi connectivity index (χ0v) is 13.9. The average Bonchev–Trinajstić information content (AvgIpc) is 2.99. The number of rotatable bonds is 5. The Morgan fingerprint density at radius 1 is 1.29 bits per heavy atom. The lowest BCUT2D eigenvalue weighted by Gasteiger charge is -2.34. The van der Waals surface area contributed by atoms with Gasteiger partial charge in [-0.25, -0.2) is 0 Å². The van der Waals surface area contributed by atoms with Crippen molar-refractivity contribution in [2.75, 3.05) is 19.8 Å². The molecular formula is C18H23N3O3. The zero-order chi connectivity index (χ0) is 17.2. The van der Waals surface area contributed by atoms with E-state index in [1.807, 2.05) is 42.0 Å². The van der Waals surface area contributed by atoms with Crippen LogP contribution >= 0.6 is 0 Å². The number of fused-ring (bicyclic) bond motifs is 1. The van der Waals surface area contributed by atoms with Crippen LogP contribution < -0.4 is 11.1 Å². The van der Waals surface area contributed by atoms with Crippen LogP contribution in [0.15, 0.2) is 30.5 Å². The summed E-state index contributed by atoms with van der Waals surface area (Å²) in [5.74, 6) is -0.549. The van der Waals surface area contributed by atoms with Crippen molar-refractivity contribution in [2.45, 2.75) is 26.3 Å². The normalized spacial score (nSPS) is 16.9. The molecule has 1 aromatic heterocycles. The first-order valence-electron chi connectivity index (χ1n) is 8.31. The monoisotopic (exact) mass is 329 g/mol. The number of aryl methyl sites for hydroxylation is 1. The summed E-state index contributed by atoms with van der Waals surface area (Å²) < 4.78 is 7.36. The summed E-state index contributed by atoms with van der Waals surface area (Å²) in [5, 5.41) is 3.83. The van der Waals surface area contributed by atoms with Crippen LogP contribution in [0.2, 0.25) is 0 Å². The summed E-state index contributed by atoms with van der Waals surface area (Å²) in [5.41, 5.74) is 6.53. The van der Waals surface area contributed by atoms with Crippen LogP contribution in [0.25, 0.3) is 10.9 Å². The van der Waals surface area contributed by atoms with Crippen molar-refractivity contribution in [3.63, 3.8) is 0 Å². The van der Waals surface area contributed by atoms with E-state index in [0.717, 1.165) is 17.4 Å². The molecule has 1 aliphatic heterocycles. The van der Waals surface area contributed by atoms with E-state index in [0.29, 0.717) is 31.6 Å². The predicted octanol–water partition coefficient (Wildman–Crippen LogP) is 1.67. The van der Waals surface area contributed by atoms with E-state index >= 15 is 0 Å². The van der Waals surface area contributed by atoms with Gasteiger partial charge in [0.25, 0.3) is 5.91 Å². The fraction of sp³-hybridized carbons (Fsp3) is 0.444. The Bertz CT molecular complexity index is 760. The zero-order valence-electron chi connectivity index (χ0n) is 13.9. The molecule has 1 saturated heterocycles. The minimum atomic E-state index is -0.711. The summed E-state index contributed by atoms with van der Waals surface area (Å²) in [6, 6.07) is 7.82. The number of amides is 2. The van der Waals surface area contributed by atoms with Crippen molar-refractivity contribution < 1.29 is 14.3 Å². The third-order valence-corrected chi connectivity index (χ3v) is 4.93. The number of benzene rings is 1. The highest BCUT2D eigenvalue weighted by molar-refractivity contribution is 6.07. The molecular weight excluding hydrogens is 306 g/mol. The van der Waals surface area contributed by atoms with Crippen LogP contribution in [0.4, 0.5) is 0 Å². The van der Waals surface area contributed by atoms with Crippen molar-refractivity contribution in [3.05, 3.63) is 36.0 Å². The maximum absolute atomic E-state index is 12.7. The Morgan fingerprint density at radius 2 is 2.00 bits per heavy atom. The number of hydrogen-bond donors (Lipinski definition) is 2. The van der Waals surface area contributed by atoms with Crippen LogP contribution in [0.5, 0.6) is 0 Å². The molecule has 2 amide bonds. The fourth-order valence-corrected chi connectivity index (χ4v) is 3.31. The number of para-hydroxylation sites is 1. The van der Waals surface area contributed by atoms with Crippen molar-refractivity contribution in [2.24, 2.45) is 11.1 Å². The first kappa shape index (κ1) is 16.5. The minimum absolute atomic E-state index is 0.175. The van der Waals surface area contributed by atoms with Crippen molar-refractivity contribution >= 4 is 22.7 Å². The van der Waals surface area contributed by atoms with E-state index in [-0.39, 0.29) is 18.4 Å². The molecule has 0 unspecified atom stereocenters. The number of nitrogens with zero attached hydrogens (tertiary/aromatic N) is 1. The number of aromatic nitrogens is 1. The molecule has 128 valence electrons. The molecule has 1 aromatic carbocycles. The predicted molar refractivity (Wildman–Crippen MR) is 91.6 cm³/mol. The first-order valence-corrected chi connectivity index (χ1v) is 8.31. The van der Waals surface area contributed by atoms with Gasteiger partial charge in [0.15, 0.2) is 0 Å². The second kappa shape index (κ2) is 6.65. The Balaban J connectivity index is 1.81. The molecule has 2 aromatic rings. The molecule has 1 aliphatic rings. The van der Waals surface area contributed by atoms with Gasteiger partial charge in [-0.1, -0.05) is 18.2 Å². The molecule has 0 aliphatic carbocycles. The van der Waals surface area contributed by atoms with Gasteiger partial charge in [0.1, 0.15) is 0 Å². The Kier molecular flexibility index (Phi) is 4.57. The van der Waals surface area contributed by atoms with Gasteiger partial charge in [0.2, 0.25) is 5.91 Å². The lowest BCUT2D eigenvalue weighted by Crippen LogP contribution is -2.49. The maximum Gasteiger partial charge on any atom is 0.253 e. The third-order valence-electron chi connectivity index (χ3n) is 4.93. The Labute approximate surface area is 141 Å². The van der Waals surface area contributed by atoms with Crippen LogP contribution in [-0.2, 0) is 16.1 Å². The van der Waals surface area contributed by atoms with E-state index in [4.69, 9.17) is 10.5 Å². The Hall–Kier alpha value is -2.34. The fourth-order valence-electron chi connectivity index (χ4n) is 3.31. The molecule has 0 bridgehead atoms. The number of ether oxygens (including phenoxy) is 1. The van der Waals surface area contributed by atoms with Gasteiger partial charge in [-0.15, -0.1) is 0 Å². The topological polar surface area (TPSA) is 86.4 Å². The number of nitrogens with two attached hydrogens (primary N) is 1. The molecule has 24 heavy (non-hydrogen) atoms. The van der Waals surface area contributed by atoms with Gasteiger partial charge in [-0.05, 0) is 25.8 Å². The molecule has 0 saturated carbocycles. The highest BCUT2D eigenvalue weighted by Crippen LogP contribution is 2.29. The molecule has 6 nitrogen and oxygen atoms in total. The molecule has 0 spiro atoms. The molecule has 0 radical (unpaired) electrons. The standard InChI is InChI=1S/C18H23N3O3/c1-2-21-11-14(13-5-3-4-6-15(13)21)16(22)20-12-18(17(19)23)7-9-24-10-8-18/h3-6,11H,2,7-10,12H2,1H3,(H2,19,23)(H,20,22). The van der Waals surface area contributed by atoms with Gasteiger partial charge in [0, 0.05) is 43.4 Å². The lowest BCUT2D eigenvalue weighted by molar-refractivity contribution is -0.132. The smallest absolute Gasteiger partial charge is 0.253 e. The number of nitrogens with one attached hydrogen (secondary N) is 1.